The van der Waals surface area contributed by atoms with Gasteiger partial charge in [0.1, 0.15) is 5.75 Å². The lowest BCUT2D eigenvalue weighted by molar-refractivity contribution is -0.115. The summed E-state index contributed by atoms with van der Waals surface area (Å²) in [6.45, 7) is 0.313. The molecule has 3 rings (SSSR count). The quantitative estimate of drug-likeness (QED) is 0.209. The Hall–Kier alpha value is -2.85. The number of fused-ring (bicyclic) bond motifs is 1. The van der Waals surface area contributed by atoms with Gasteiger partial charge in [0.25, 0.3) is 11.8 Å². The highest BCUT2D eigenvalue weighted by Gasteiger charge is 2.27. The molecular weight excluding hydrogens is 509 g/mol. The Morgan fingerprint density at radius 3 is 2.66 bits per heavy atom. The fourth-order valence-electron chi connectivity index (χ4n) is 2.74. The van der Waals surface area contributed by atoms with E-state index in [4.69, 9.17) is 11.6 Å². The maximum atomic E-state index is 12.2. The maximum absolute atomic E-state index is 12.2. The van der Waals surface area contributed by atoms with Crippen LogP contribution in [0.5, 0.6) is 5.75 Å². The van der Waals surface area contributed by atoms with E-state index in [1.165, 1.54) is 12.3 Å². The fourth-order valence-corrected chi connectivity index (χ4v) is 3.34. The van der Waals surface area contributed by atoms with E-state index in [2.05, 4.69) is 38.5 Å². The van der Waals surface area contributed by atoms with Crippen LogP contribution in [0.2, 0.25) is 0 Å². The molecule has 3 amide bonds. The minimum atomic E-state index is -0.481. The summed E-state index contributed by atoms with van der Waals surface area (Å²) >= 11 is 7.46. The second-order valence-electron chi connectivity index (χ2n) is 6.05. The molecule has 0 unspecified atom stereocenters. The molecule has 2 aromatic carbocycles. The van der Waals surface area contributed by atoms with Gasteiger partial charge in [0.05, 0.1) is 11.3 Å². The van der Waals surface area contributed by atoms with Crippen LogP contribution in [0, 0.1) is 3.57 Å². The first-order valence-electron chi connectivity index (χ1n) is 8.38. The minimum Gasteiger partial charge on any atom is -0.506 e. The summed E-state index contributed by atoms with van der Waals surface area (Å²) in [6, 6.07) is 10.0. The van der Waals surface area contributed by atoms with Crippen molar-refractivity contribution < 1.29 is 19.5 Å². The number of nitrogens with one attached hydrogen (secondary N) is 3. The van der Waals surface area contributed by atoms with Gasteiger partial charge in [-0.2, -0.15) is 0 Å². The van der Waals surface area contributed by atoms with Gasteiger partial charge < -0.3 is 15.7 Å². The topological polar surface area (TPSA) is 108 Å². The molecule has 0 aromatic heterocycles. The van der Waals surface area contributed by atoms with Crippen molar-refractivity contribution in [3.05, 3.63) is 74.5 Å². The standard InChI is InChI=1S/C20H15ClIN3O4/c21-6-5-18(27)24-16-4-1-11(7-17(16)26)9-23-10-15-14-8-12(22)2-3-13(14)19(28)25-20(15)29/h1-8,10,23,26H,9H2,(H,24,27)(H,25,28,29)/b6-5-,15-10?. The zero-order chi connectivity index (χ0) is 21.0. The van der Waals surface area contributed by atoms with Crippen LogP contribution in [-0.4, -0.2) is 22.8 Å². The summed E-state index contributed by atoms with van der Waals surface area (Å²) in [7, 11) is 0. The molecule has 0 aliphatic carbocycles. The van der Waals surface area contributed by atoms with Crippen LogP contribution in [0.4, 0.5) is 5.69 Å². The second-order valence-corrected chi connectivity index (χ2v) is 7.54. The van der Waals surface area contributed by atoms with Crippen molar-refractivity contribution in [1.82, 2.24) is 10.6 Å². The fraction of sp³-hybridized carbons (Fsp3) is 0.0500. The normalized spacial score (nSPS) is 14.6. The highest BCUT2D eigenvalue weighted by Crippen LogP contribution is 2.26. The van der Waals surface area contributed by atoms with Gasteiger partial charge in [0.2, 0.25) is 5.91 Å². The van der Waals surface area contributed by atoms with Gasteiger partial charge in [-0.05, 0) is 58.5 Å². The number of hydrogen-bond acceptors (Lipinski definition) is 5. The molecule has 2 aromatic rings. The average molecular weight is 524 g/mol. The number of halogens is 2. The zero-order valence-electron chi connectivity index (χ0n) is 14.8. The van der Waals surface area contributed by atoms with Gasteiger partial charge in [0.15, 0.2) is 0 Å². The van der Waals surface area contributed by atoms with E-state index in [-0.39, 0.29) is 11.4 Å². The summed E-state index contributed by atoms with van der Waals surface area (Å²) in [4.78, 5) is 35.7. The second kappa shape index (κ2) is 9.10. The third kappa shape index (κ3) is 4.96. The van der Waals surface area contributed by atoms with Crippen molar-refractivity contribution in [3.8, 4) is 5.75 Å². The third-order valence-corrected chi connectivity index (χ3v) is 4.87. The van der Waals surface area contributed by atoms with Crippen LogP contribution in [-0.2, 0) is 16.1 Å². The lowest BCUT2D eigenvalue weighted by Crippen LogP contribution is -2.37. The van der Waals surface area contributed by atoms with Crippen LogP contribution in [0.3, 0.4) is 0 Å². The molecule has 1 aliphatic rings. The zero-order valence-corrected chi connectivity index (χ0v) is 17.7. The molecule has 29 heavy (non-hydrogen) atoms. The van der Waals surface area contributed by atoms with Crippen LogP contribution in [0.25, 0.3) is 5.57 Å². The third-order valence-electron chi connectivity index (χ3n) is 4.08. The number of carbonyl (C=O) groups excluding carboxylic acids is 3. The molecule has 0 radical (unpaired) electrons. The molecule has 0 saturated carbocycles. The Morgan fingerprint density at radius 2 is 1.93 bits per heavy atom. The molecule has 0 saturated heterocycles. The molecule has 1 heterocycles. The number of imide groups is 1. The number of phenols is 1. The number of aromatic hydroxyl groups is 1. The van der Waals surface area contributed by atoms with Crippen LogP contribution in [0.1, 0.15) is 21.5 Å². The molecule has 1 aliphatic heterocycles. The van der Waals surface area contributed by atoms with Crippen molar-refractivity contribution in [3.63, 3.8) is 0 Å². The Balaban J connectivity index is 1.74. The van der Waals surface area contributed by atoms with E-state index >= 15 is 0 Å². The monoisotopic (exact) mass is 523 g/mol. The number of anilines is 1. The average Bonchev–Trinajstić information content (AvgIpc) is 2.66. The summed E-state index contributed by atoms with van der Waals surface area (Å²) in [5.74, 6) is -1.47. The molecule has 0 atom stereocenters. The summed E-state index contributed by atoms with van der Waals surface area (Å²) in [5, 5.41) is 17.9. The van der Waals surface area contributed by atoms with E-state index in [0.29, 0.717) is 23.2 Å². The van der Waals surface area contributed by atoms with Crippen LogP contribution in [0.15, 0.2) is 54.2 Å². The first-order chi connectivity index (χ1) is 13.9. The Morgan fingerprint density at radius 1 is 1.14 bits per heavy atom. The Labute approximate surface area is 185 Å². The van der Waals surface area contributed by atoms with Gasteiger partial charge in [-0.25, -0.2) is 0 Å². The molecule has 7 nitrogen and oxygen atoms in total. The van der Waals surface area contributed by atoms with Crippen molar-refractivity contribution in [2.45, 2.75) is 6.54 Å². The van der Waals surface area contributed by atoms with E-state index < -0.39 is 17.7 Å². The van der Waals surface area contributed by atoms with Crippen molar-refractivity contribution in [2.24, 2.45) is 0 Å². The van der Waals surface area contributed by atoms with Crippen LogP contribution >= 0.6 is 34.2 Å². The van der Waals surface area contributed by atoms with Crippen molar-refractivity contribution in [2.75, 3.05) is 5.32 Å². The predicted octanol–water partition coefficient (Wildman–Crippen LogP) is 3.09. The highest BCUT2D eigenvalue weighted by molar-refractivity contribution is 14.1. The molecule has 0 spiro atoms. The summed E-state index contributed by atoms with van der Waals surface area (Å²) in [6.07, 6.45) is 2.66. The molecule has 148 valence electrons. The van der Waals surface area contributed by atoms with Gasteiger partial charge >= 0.3 is 0 Å². The number of carbonyl (C=O) groups is 3. The molecule has 0 bridgehead atoms. The molecule has 0 fully saturated rings. The summed E-state index contributed by atoms with van der Waals surface area (Å²) in [5.41, 5.74) is 3.39. The van der Waals surface area contributed by atoms with E-state index in [1.54, 1.807) is 30.3 Å². The van der Waals surface area contributed by atoms with E-state index in [0.717, 1.165) is 20.7 Å². The van der Waals surface area contributed by atoms with E-state index in [1.807, 2.05) is 0 Å². The number of hydrogen-bond donors (Lipinski definition) is 4. The first-order valence-corrected chi connectivity index (χ1v) is 9.89. The molecular formula is C20H15ClIN3O4. The number of benzene rings is 2. The lowest BCUT2D eigenvalue weighted by Gasteiger charge is -2.18. The van der Waals surface area contributed by atoms with Crippen LogP contribution < -0.4 is 16.0 Å². The summed E-state index contributed by atoms with van der Waals surface area (Å²) < 4.78 is 0.904. The van der Waals surface area contributed by atoms with Gasteiger partial charge in [0, 0.05) is 39.1 Å². The van der Waals surface area contributed by atoms with Crippen molar-refractivity contribution in [1.29, 1.82) is 0 Å². The SMILES string of the molecule is O=C(/C=C\Cl)Nc1ccc(CNC=C2C(=O)NC(=O)c3ccc(I)cc32)cc1O. The van der Waals surface area contributed by atoms with E-state index in [9.17, 15) is 19.5 Å². The Bertz CT molecular complexity index is 1070. The highest BCUT2D eigenvalue weighted by atomic mass is 127. The lowest BCUT2D eigenvalue weighted by atomic mass is 9.95. The maximum Gasteiger partial charge on any atom is 0.260 e. The Kier molecular flexibility index (Phi) is 6.55. The first kappa shape index (κ1) is 20.9. The number of phenolic OH excluding ortho intramolecular Hbond substituents is 1. The van der Waals surface area contributed by atoms with Crippen molar-refractivity contribution >= 4 is 63.2 Å². The van der Waals surface area contributed by atoms with Gasteiger partial charge in [-0.1, -0.05) is 17.7 Å². The smallest absolute Gasteiger partial charge is 0.260 e. The molecule has 4 N–H and O–H groups in total. The number of amides is 3. The predicted molar refractivity (Wildman–Crippen MR) is 118 cm³/mol. The minimum absolute atomic E-state index is 0.103. The largest absolute Gasteiger partial charge is 0.506 e. The number of rotatable bonds is 5. The van der Waals surface area contributed by atoms with Gasteiger partial charge in [-0.15, -0.1) is 0 Å². The van der Waals surface area contributed by atoms with Gasteiger partial charge in [-0.3, -0.25) is 19.7 Å². The molecule has 9 heteroatoms.